The second-order valence-corrected chi connectivity index (χ2v) is 6.27. The second-order valence-electron chi connectivity index (χ2n) is 5.19. The van der Waals surface area contributed by atoms with Crippen LogP contribution in [0.15, 0.2) is 36.7 Å². The lowest BCUT2D eigenvalue weighted by Crippen LogP contribution is -2.06. The molecular formula is C16H15IN4. The van der Waals surface area contributed by atoms with Crippen molar-refractivity contribution in [2.75, 3.05) is 5.73 Å². The van der Waals surface area contributed by atoms with Gasteiger partial charge in [0.2, 0.25) is 0 Å². The van der Waals surface area contributed by atoms with Crippen LogP contribution in [0.25, 0.3) is 22.2 Å². The van der Waals surface area contributed by atoms with Crippen LogP contribution in [0.4, 0.5) is 5.82 Å². The summed E-state index contributed by atoms with van der Waals surface area (Å²) in [5.74, 6) is 1.46. The molecule has 4 nitrogen and oxygen atoms in total. The van der Waals surface area contributed by atoms with Gasteiger partial charge in [-0.1, -0.05) is 38.1 Å². The van der Waals surface area contributed by atoms with Crippen LogP contribution in [0.2, 0.25) is 0 Å². The molecule has 5 heteroatoms. The summed E-state index contributed by atoms with van der Waals surface area (Å²) in [5.41, 5.74) is 7.95. The summed E-state index contributed by atoms with van der Waals surface area (Å²) in [6, 6.07) is 8.09. The third kappa shape index (κ3) is 2.57. The molecule has 0 aliphatic heterocycles. The highest BCUT2D eigenvalue weighted by Gasteiger charge is 2.15. The Labute approximate surface area is 137 Å². The first-order chi connectivity index (χ1) is 10.1. The van der Waals surface area contributed by atoms with Crippen LogP contribution in [0.1, 0.15) is 25.5 Å². The molecule has 0 unspecified atom stereocenters. The van der Waals surface area contributed by atoms with Gasteiger partial charge in [-0.2, -0.15) is 0 Å². The highest BCUT2D eigenvalue weighted by atomic mass is 127. The molecule has 1 aromatic carbocycles. The van der Waals surface area contributed by atoms with Gasteiger partial charge in [0.25, 0.3) is 0 Å². The quantitative estimate of drug-likeness (QED) is 0.672. The van der Waals surface area contributed by atoms with E-state index in [0.29, 0.717) is 17.6 Å². The van der Waals surface area contributed by atoms with Crippen molar-refractivity contribution in [3.63, 3.8) is 0 Å². The number of hydrogen-bond donors (Lipinski definition) is 1. The molecular weight excluding hydrogens is 375 g/mol. The zero-order valence-corrected chi connectivity index (χ0v) is 14.0. The van der Waals surface area contributed by atoms with E-state index in [4.69, 9.17) is 10.7 Å². The van der Waals surface area contributed by atoms with E-state index in [0.717, 1.165) is 25.6 Å². The molecule has 2 heterocycles. The molecule has 3 rings (SSSR count). The Balaban J connectivity index is 2.28. The fourth-order valence-corrected chi connectivity index (χ4v) is 3.14. The molecule has 0 saturated carbocycles. The Morgan fingerprint density at radius 2 is 1.86 bits per heavy atom. The number of pyridine rings is 1. The Bertz CT molecular complexity index is 809. The zero-order valence-electron chi connectivity index (χ0n) is 11.8. The number of aromatic nitrogens is 3. The minimum absolute atomic E-state index is 0.295. The van der Waals surface area contributed by atoms with Gasteiger partial charge in [0.15, 0.2) is 5.82 Å². The summed E-state index contributed by atoms with van der Waals surface area (Å²) < 4.78 is 0.930. The summed E-state index contributed by atoms with van der Waals surface area (Å²) in [6.07, 6.45) is 3.65. The SMILES string of the molecule is CC(C)c1nc(-c2cncc3ccccc23)nc(N)c1I. The van der Waals surface area contributed by atoms with Gasteiger partial charge in [0, 0.05) is 23.3 Å². The van der Waals surface area contributed by atoms with Gasteiger partial charge in [-0.05, 0) is 33.9 Å². The van der Waals surface area contributed by atoms with Crippen LogP contribution in [0.5, 0.6) is 0 Å². The Kier molecular flexibility index (Phi) is 3.75. The molecule has 0 amide bonds. The predicted molar refractivity (Wildman–Crippen MR) is 94.0 cm³/mol. The molecule has 0 aliphatic carbocycles. The average Bonchev–Trinajstić information content (AvgIpc) is 2.49. The molecule has 2 aromatic heterocycles. The summed E-state index contributed by atoms with van der Waals surface area (Å²) in [4.78, 5) is 13.5. The third-order valence-electron chi connectivity index (χ3n) is 3.36. The van der Waals surface area contributed by atoms with Crippen LogP contribution in [0, 0.1) is 3.57 Å². The standard InChI is InChI=1S/C16H15IN4/c1-9(2)14-13(17)15(18)21-16(20-14)12-8-19-7-10-5-3-4-6-11(10)12/h3-9H,1-2H3,(H2,18,20,21). The van der Waals surface area contributed by atoms with Crippen LogP contribution in [-0.2, 0) is 0 Å². The van der Waals surface area contributed by atoms with Crippen molar-refractivity contribution in [3.05, 3.63) is 45.9 Å². The van der Waals surface area contributed by atoms with Crippen molar-refractivity contribution in [2.45, 2.75) is 19.8 Å². The number of nitrogens with two attached hydrogens (primary N) is 1. The second kappa shape index (κ2) is 5.55. The zero-order chi connectivity index (χ0) is 15.0. The van der Waals surface area contributed by atoms with E-state index < -0.39 is 0 Å². The van der Waals surface area contributed by atoms with Crippen LogP contribution < -0.4 is 5.73 Å². The maximum atomic E-state index is 6.06. The smallest absolute Gasteiger partial charge is 0.164 e. The first-order valence-electron chi connectivity index (χ1n) is 6.74. The van der Waals surface area contributed by atoms with E-state index >= 15 is 0 Å². The first-order valence-corrected chi connectivity index (χ1v) is 7.82. The van der Waals surface area contributed by atoms with E-state index in [-0.39, 0.29) is 0 Å². The van der Waals surface area contributed by atoms with Gasteiger partial charge in [-0.15, -0.1) is 0 Å². The summed E-state index contributed by atoms with van der Waals surface area (Å²) in [7, 11) is 0. The van der Waals surface area contributed by atoms with Gasteiger partial charge in [0.05, 0.1) is 9.26 Å². The molecule has 106 valence electrons. The van der Waals surface area contributed by atoms with Crippen LogP contribution >= 0.6 is 22.6 Å². The topological polar surface area (TPSA) is 64.7 Å². The number of nitrogens with zero attached hydrogens (tertiary/aromatic N) is 3. The molecule has 0 spiro atoms. The Hall–Kier alpha value is -1.76. The number of nitrogen functional groups attached to an aromatic ring is 1. The van der Waals surface area contributed by atoms with Crippen LogP contribution in [0.3, 0.4) is 0 Å². The van der Waals surface area contributed by atoms with E-state index in [1.807, 2.05) is 24.4 Å². The molecule has 0 atom stereocenters. The lowest BCUT2D eigenvalue weighted by atomic mass is 10.1. The minimum Gasteiger partial charge on any atom is -0.383 e. The van der Waals surface area contributed by atoms with Crippen LogP contribution in [-0.4, -0.2) is 15.0 Å². The summed E-state index contributed by atoms with van der Waals surface area (Å²) in [5, 5.41) is 2.16. The van der Waals surface area contributed by atoms with Gasteiger partial charge in [0.1, 0.15) is 5.82 Å². The summed E-state index contributed by atoms with van der Waals surface area (Å²) >= 11 is 2.21. The normalized spacial score (nSPS) is 11.2. The highest BCUT2D eigenvalue weighted by molar-refractivity contribution is 14.1. The third-order valence-corrected chi connectivity index (χ3v) is 4.46. The van der Waals surface area contributed by atoms with Gasteiger partial charge in [-0.3, -0.25) is 4.98 Å². The molecule has 0 saturated heterocycles. The highest BCUT2D eigenvalue weighted by Crippen LogP contribution is 2.29. The van der Waals surface area contributed by atoms with Crippen molar-refractivity contribution < 1.29 is 0 Å². The maximum absolute atomic E-state index is 6.06. The number of hydrogen-bond acceptors (Lipinski definition) is 4. The van der Waals surface area contributed by atoms with Crippen molar-refractivity contribution in [3.8, 4) is 11.4 Å². The monoisotopic (exact) mass is 390 g/mol. The number of anilines is 1. The first kappa shape index (κ1) is 14.2. The number of fused-ring (bicyclic) bond motifs is 1. The maximum Gasteiger partial charge on any atom is 0.164 e. The fourth-order valence-electron chi connectivity index (χ4n) is 2.28. The van der Waals surface area contributed by atoms with Gasteiger partial charge < -0.3 is 5.73 Å². The molecule has 2 N–H and O–H groups in total. The molecule has 0 radical (unpaired) electrons. The molecule has 0 aliphatic rings. The largest absolute Gasteiger partial charge is 0.383 e. The van der Waals surface area contributed by atoms with Gasteiger partial charge >= 0.3 is 0 Å². The summed E-state index contributed by atoms with van der Waals surface area (Å²) in [6.45, 7) is 4.21. The lowest BCUT2D eigenvalue weighted by molar-refractivity contribution is 0.810. The lowest BCUT2D eigenvalue weighted by Gasteiger charge is -2.12. The van der Waals surface area contributed by atoms with Crippen molar-refractivity contribution >= 4 is 39.2 Å². The predicted octanol–water partition coefficient (Wildman–Crippen LogP) is 4.00. The molecule has 3 aromatic rings. The fraction of sp³-hybridized carbons (Fsp3) is 0.188. The van der Waals surface area contributed by atoms with E-state index in [1.54, 1.807) is 6.20 Å². The average molecular weight is 390 g/mol. The van der Waals surface area contributed by atoms with Gasteiger partial charge in [-0.25, -0.2) is 9.97 Å². The molecule has 0 fully saturated rings. The van der Waals surface area contributed by atoms with E-state index in [1.165, 1.54) is 0 Å². The van der Waals surface area contributed by atoms with Crippen molar-refractivity contribution in [1.82, 2.24) is 15.0 Å². The van der Waals surface area contributed by atoms with E-state index in [2.05, 4.69) is 52.5 Å². The number of halogens is 1. The Morgan fingerprint density at radius 3 is 2.62 bits per heavy atom. The minimum atomic E-state index is 0.295. The molecule has 0 bridgehead atoms. The Morgan fingerprint density at radius 1 is 1.10 bits per heavy atom. The van der Waals surface area contributed by atoms with Crippen molar-refractivity contribution in [1.29, 1.82) is 0 Å². The van der Waals surface area contributed by atoms with Crippen molar-refractivity contribution in [2.24, 2.45) is 0 Å². The molecule has 21 heavy (non-hydrogen) atoms. The number of rotatable bonds is 2. The van der Waals surface area contributed by atoms with E-state index in [9.17, 15) is 0 Å². The number of benzene rings is 1.